The van der Waals surface area contributed by atoms with Crippen LogP contribution in [0.5, 0.6) is 0 Å². The number of aliphatic hydroxyl groups is 1. The smallest absolute Gasteiger partial charge is 0.390 e. The summed E-state index contributed by atoms with van der Waals surface area (Å²) in [4.78, 5) is 0. The Morgan fingerprint density at radius 2 is 2.00 bits per heavy atom. The fraction of sp³-hybridized carbons (Fsp3) is 0.882. The maximum atomic E-state index is 12.6. The van der Waals surface area contributed by atoms with E-state index in [-0.39, 0.29) is 30.0 Å². The van der Waals surface area contributed by atoms with Gasteiger partial charge in [0.2, 0.25) is 0 Å². The molecule has 1 spiro atoms. The summed E-state index contributed by atoms with van der Waals surface area (Å²) in [5.41, 5.74) is -0.934. The summed E-state index contributed by atoms with van der Waals surface area (Å²) in [6.45, 7) is 3.05. The van der Waals surface area contributed by atoms with Crippen LogP contribution in [0.15, 0.2) is 11.6 Å². The molecule has 3 nitrogen and oxygen atoms in total. The average Bonchev–Trinajstić information content (AvgIpc) is 3.36. The van der Waals surface area contributed by atoms with Gasteiger partial charge in [-0.15, -0.1) is 0 Å². The predicted octanol–water partition coefficient (Wildman–Crippen LogP) is 3.61. The number of halogens is 3. The highest BCUT2D eigenvalue weighted by atomic mass is 19.4. The summed E-state index contributed by atoms with van der Waals surface area (Å²) in [5.74, 6) is 0.0494. The van der Waals surface area contributed by atoms with E-state index in [1.807, 2.05) is 6.92 Å². The molecule has 3 fully saturated rings. The molecule has 1 saturated heterocycles. The summed E-state index contributed by atoms with van der Waals surface area (Å²) in [6, 6.07) is 0. The van der Waals surface area contributed by atoms with Crippen LogP contribution in [0, 0.1) is 11.3 Å². The molecule has 0 radical (unpaired) electrons. The van der Waals surface area contributed by atoms with E-state index < -0.39 is 23.5 Å². The Hall–Kier alpha value is -0.590. The Balaban J connectivity index is 1.73. The highest BCUT2D eigenvalue weighted by Gasteiger charge is 2.70. The van der Waals surface area contributed by atoms with Crippen molar-refractivity contribution < 1.29 is 27.8 Å². The highest BCUT2D eigenvalue weighted by molar-refractivity contribution is 5.20. The second-order valence-corrected chi connectivity index (χ2v) is 7.56. The van der Waals surface area contributed by atoms with Crippen LogP contribution in [0.25, 0.3) is 0 Å². The highest BCUT2D eigenvalue weighted by Crippen LogP contribution is 2.67. The molecular weight excluding hydrogens is 309 g/mol. The number of hydrogen-bond donors (Lipinski definition) is 1. The Morgan fingerprint density at radius 1 is 1.35 bits per heavy atom. The van der Waals surface area contributed by atoms with E-state index in [1.165, 1.54) is 6.08 Å². The van der Waals surface area contributed by atoms with Gasteiger partial charge in [-0.3, -0.25) is 0 Å². The number of ether oxygens (including phenoxy) is 2. The largest absolute Gasteiger partial charge is 0.412 e. The number of hydrogen-bond acceptors (Lipinski definition) is 3. The zero-order chi connectivity index (χ0) is 17.0. The number of rotatable bonds is 4. The van der Waals surface area contributed by atoms with E-state index >= 15 is 0 Å². The van der Waals surface area contributed by atoms with E-state index in [2.05, 4.69) is 0 Å². The standard InChI is InChI=1S/C17H25F3O3/c1-10(17(18,19)20)4-5-12-15(2,23-12)14-13(22-3)11(21)6-7-16(14)8-9-16/h4,11-14,21H,5-9H2,1-3H3/b10-4+/t11-,12-,13-,14-,15+/m1/s1. The Labute approximate surface area is 134 Å². The first kappa shape index (κ1) is 17.2. The van der Waals surface area contributed by atoms with Gasteiger partial charge in [-0.05, 0) is 51.4 Å². The molecule has 3 rings (SSSR count). The van der Waals surface area contributed by atoms with Crippen LogP contribution in [0.2, 0.25) is 0 Å². The van der Waals surface area contributed by atoms with Gasteiger partial charge in [-0.25, -0.2) is 0 Å². The van der Waals surface area contributed by atoms with E-state index in [4.69, 9.17) is 9.47 Å². The normalized spacial score (nSPS) is 42.8. The fourth-order valence-corrected chi connectivity index (χ4v) is 4.50. The van der Waals surface area contributed by atoms with Crippen molar-refractivity contribution in [2.45, 2.75) is 76.0 Å². The summed E-state index contributed by atoms with van der Waals surface area (Å²) >= 11 is 0. The lowest BCUT2D eigenvalue weighted by molar-refractivity contribution is -0.116. The molecule has 132 valence electrons. The number of allylic oxidation sites excluding steroid dienone is 1. The van der Waals surface area contributed by atoms with Crippen molar-refractivity contribution in [3.63, 3.8) is 0 Å². The third kappa shape index (κ3) is 2.94. The molecule has 0 unspecified atom stereocenters. The Morgan fingerprint density at radius 3 is 2.52 bits per heavy atom. The van der Waals surface area contributed by atoms with Gasteiger partial charge in [0.1, 0.15) is 0 Å². The van der Waals surface area contributed by atoms with Crippen LogP contribution >= 0.6 is 0 Å². The molecule has 6 heteroatoms. The molecule has 0 aromatic heterocycles. The Kier molecular flexibility index (Phi) is 4.09. The van der Waals surface area contributed by atoms with Gasteiger partial charge in [-0.1, -0.05) is 6.08 Å². The lowest BCUT2D eigenvalue weighted by atomic mass is 9.66. The van der Waals surface area contributed by atoms with E-state index in [1.54, 1.807) is 7.11 Å². The number of epoxide rings is 1. The van der Waals surface area contributed by atoms with Crippen LogP contribution in [0.1, 0.15) is 46.0 Å². The van der Waals surface area contributed by atoms with Crippen LogP contribution in [0.4, 0.5) is 13.2 Å². The van der Waals surface area contributed by atoms with Gasteiger partial charge >= 0.3 is 6.18 Å². The molecule has 0 aromatic rings. The zero-order valence-electron chi connectivity index (χ0n) is 13.8. The number of methoxy groups -OCH3 is 1. The van der Waals surface area contributed by atoms with Crippen LogP contribution in [-0.4, -0.2) is 42.3 Å². The van der Waals surface area contributed by atoms with Crippen molar-refractivity contribution in [1.29, 1.82) is 0 Å². The minimum absolute atomic E-state index is 0.0494. The summed E-state index contributed by atoms with van der Waals surface area (Å²) < 4.78 is 49.2. The van der Waals surface area contributed by atoms with E-state index in [0.29, 0.717) is 0 Å². The first-order valence-electron chi connectivity index (χ1n) is 8.27. The van der Waals surface area contributed by atoms with Gasteiger partial charge in [0.15, 0.2) is 0 Å². The molecule has 23 heavy (non-hydrogen) atoms. The molecular formula is C17H25F3O3. The maximum absolute atomic E-state index is 12.6. The monoisotopic (exact) mass is 334 g/mol. The number of aliphatic hydroxyl groups excluding tert-OH is 1. The van der Waals surface area contributed by atoms with Crippen molar-refractivity contribution in [3.05, 3.63) is 11.6 Å². The topological polar surface area (TPSA) is 42.0 Å². The second-order valence-electron chi connectivity index (χ2n) is 7.56. The minimum atomic E-state index is -4.28. The molecule has 0 aromatic carbocycles. The SMILES string of the molecule is CO[C@@H]1[C@H](O)CCC2(CC2)[C@H]1[C@@]1(C)O[C@@H]1C/C=C(\C)C(F)(F)F. The molecule has 3 aliphatic rings. The third-order valence-electron chi connectivity index (χ3n) is 6.15. The molecule has 2 aliphatic carbocycles. The van der Waals surface area contributed by atoms with Crippen molar-refractivity contribution in [2.24, 2.45) is 11.3 Å². The molecule has 1 heterocycles. The zero-order valence-corrected chi connectivity index (χ0v) is 13.8. The van der Waals surface area contributed by atoms with Gasteiger partial charge < -0.3 is 14.6 Å². The van der Waals surface area contributed by atoms with Crippen molar-refractivity contribution in [2.75, 3.05) is 7.11 Å². The lowest BCUT2D eigenvalue weighted by Crippen LogP contribution is -2.51. The molecule has 5 atom stereocenters. The molecule has 0 bridgehead atoms. The Bertz CT molecular complexity index is 498. The van der Waals surface area contributed by atoms with Gasteiger partial charge in [0, 0.05) is 18.6 Å². The van der Waals surface area contributed by atoms with Crippen LogP contribution in [0.3, 0.4) is 0 Å². The summed E-state index contributed by atoms with van der Waals surface area (Å²) in [6.07, 6.45) is -0.00782. The minimum Gasteiger partial charge on any atom is -0.390 e. The average molecular weight is 334 g/mol. The van der Waals surface area contributed by atoms with E-state index in [0.717, 1.165) is 32.6 Å². The first-order valence-corrected chi connectivity index (χ1v) is 8.27. The van der Waals surface area contributed by atoms with Crippen molar-refractivity contribution >= 4 is 0 Å². The van der Waals surface area contributed by atoms with Gasteiger partial charge in [-0.2, -0.15) is 13.2 Å². The van der Waals surface area contributed by atoms with Crippen molar-refractivity contribution in [1.82, 2.24) is 0 Å². The molecule has 1 N–H and O–H groups in total. The van der Waals surface area contributed by atoms with Crippen molar-refractivity contribution in [3.8, 4) is 0 Å². The third-order valence-corrected chi connectivity index (χ3v) is 6.15. The first-order chi connectivity index (χ1) is 10.6. The fourth-order valence-electron chi connectivity index (χ4n) is 4.50. The van der Waals surface area contributed by atoms with Gasteiger partial charge in [0.05, 0.1) is 23.9 Å². The van der Waals surface area contributed by atoms with Gasteiger partial charge in [0.25, 0.3) is 0 Å². The summed E-state index contributed by atoms with van der Waals surface area (Å²) in [5, 5.41) is 10.3. The molecule has 1 aliphatic heterocycles. The predicted molar refractivity (Wildman–Crippen MR) is 78.9 cm³/mol. The molecule has 2 saturated carbocycles. The van der Waals surface area contributed by atoms with Crippen LogP contribution in [-0.2, 0) is 9.47 Å². The molecule has 0 amide bonds. The summed E-state index contributed by atoms with van der Waals surface area (Å²) in [7, 11) is 1.59. The second kappa shape index (κ2) is 5.46. The van der Waals surface area contributed by atoms with E-state index in [9.17, 15) is 18.3 Å². The van der Waals surface area contributed by atoms with Crippen LogP contribution < -0.4 is 0 Å². The maximum Gasteiger partial charge on any atom is 0.412 e. The lowest BCUT2D eigenvalue weighted by Gasteiger charge is -2.43. The number of alkyl halides is 3. The quantitative estimate of drug-likeness (QED) is 0.631.